The lowest BCUT2D eigenvalue weighted by atomic mass is 10.2. The van der Waals surface area contributed by atoms with Crippen molar-refractivity contribution in [1.82, 2.24) is 0 Å². The second-order valence-electron chi connectivity index (χ2n) is 5.41. The van der Waals surface area contributed by atoms with Crippen molar-refractivity contribution in [3.8, 4) is 0 Å². The lowest BCUT2D eigenvalue weighted by Crippen LogP contribution is -2.12. The molecule has 0 aliphatic rings. The van der Waals surface area contributed by atoms with Crippen molar-refractivity contribution in [2.75, 3.05) is 4.72 Å². The highest BCUT2D eigenvalue weighted by Crippen LogP contribution is 2.32. The standard InChI is InChI=1S/C19H14N2O4S2/c22-13-14-11-17(9-10-19(14)21(23)24)26-16-6-4-5-15(12-16)20-27(25)18-7-2-1-3-8-18/h1-13,20H. The number of rotatable bonds is 7. The summed E-state index contributed by atoms with van der Waals surface area (Å²) in [6.07, 6.45) is 0.475. The maximum Gasteiger partial charge on any atom is 0.279 e. The molecular formula is C19H14N2O4S2. The lowest BCUT2D eigenvalue weighted by molar-refractivity contribution is -0.385. The molecule has 0 spiro atoms. The molecular weight excluding hydrogens is 384 g/mol. The van der Waals surface area contributed by atoms with Crippen molar-refractivity contribution in [3.05, 3.63) is 88.5 Å². The Hall–Kier alpha value is -2.81. The second kappa shape index (κ2) is 8.72. The van der Waals surface area contributed by atoms with Crippen LogP contribution in [0.3, 0.4) is 0 Å². The molecule has 0 fully saturated rings. The number of hydrogen-bond acceptors (Lipinski definition) is 6. The first-order valence-electron chi connectivity index (χ1n) is 7.82. The predicted molar refractivity (Wildman–Crippen MR) is 106 cm³/mol. The van der Waals surface area contributed by atoms with E-state index in [-0.39, 0.29) is 11.3 Å². The molecule has 0 aliphatic heterocycles. The Balaban J connectivity index is 1.76. The molecule has 27 heavy (non-hydrogen) atoms. The van der Waals surface area contributed by atoms with E-state index in [2.05, 4.69) is 4.72 Å². The highest BCUT2D eigenvalue weighted by atomic mass is 32.2. The smallest absolute Gasteiger partial charge is 0.279 e. The molecule has 1 unspecified atom stereocenters. The third-order valence-electron chi connectivity index (χ3n) is 3.56. The van der Waals surface area contributed by atoms with E-state index in [9.17, 15) is 19.5 Å². The Morgan fingerprint density at radius 3 is 2.41 bits per heavy atom. The Labute approximate surface area is 163 Å². The molecule has 136 valence electrons. The monoisotopic (exact) mass is 398 g/mol. The lowest BCUT2D eigenvalue weighted by Gasteiger charge is -2.12. The third kappa shape index (κ3) is 4.88. The van der Waals surface area contributed by atoms with E-state index in [0.717, 1.165) is 4.90 Å². The van der Waals surface area contributed by atoms with Gasteiger partial charge in [0.1, 0.15) is 11.4 Å². The molecule has 8 heteroatoms. The van der Waals surface area contributed by atoms with Gasteiger partial charge in [-0.05, 0) is 42.5 Å². The first-order valence-corrected chi connectivity index (χ1v) is 9.78. The quantitative estimate of drug-likeness (QED) is 0.268. The maximum absolute atomic E-state index is 12.4. The van der Waals surface area contributed by atoms with E-state index in [1.165, 1.54) is 23.9 Å². The molecule has 0 radical (unpaired) electrons. The van der Waals surface area contributed by atoms with Gasteiger partial charge >= 0.3 is 0 Å². The summed E-state index contributed by atoms with van der Waals surface area (Å²) < 4.78 is 15.3. The van der Waals surface area contributed by atoms with Gasteiger partial charge in [0, 0.05) is 15.9 Å². The minimum Gasteiger partial charge on any atom is -0.588 e. The van der Waals surface area contributed by atoms with Crippen LogP contribution < -0.4 is 4.72 Å². The van der Waals surface area contributed by atoms with Crippen LogP contribution in [-0.2, 0) is 11.4 Å². The first kappa shape index (κ1) is 19.0. The molecule has 3 rings (SSSR count). The summed E-state index contributed by atoms with van der Waals surface area (Å²) in [5.41, 5.74) is 0.493. The maximum atomic E-state index is 12.4. The van der Waals surface area contributed by atoms with Crippen LogP contribution in [0.5, 0.6) is 0 Å². The van der Waals surface area contributed by atoms with Crippen molar-refractivity contribution >= 4 is 40.8 Å². The number of nitrogens with one attached hydrogen (secondary N) is 1. The SMILES string of the molecule is O=Cc1cc(Sc2cccc(N[S+]([O-])c3ccccc3)c2)ccc1[N+](=O)[O-]. The minimum absolute atomic E-state index is 0.0319. The fourth-order valence-corrected chi connectivity index (χ4v) is 4.12. The van der Waals surface area contributed by atoms with Gasteiger partial charge in [-0.15, -0.1) is 0 Å². The van der Waals surface area contributed by atoms with Gasteiger partial charge in [-0.2, -0.15) is 0 Å². The normalized spacial score (nSPS) is 11.6. The van der Waals surface area contributed by atoms with E-state index in [0.29, 0.717) is 21.8 Å². The zero-order valence-corrected chi connectivity index (χ0v) is 15.5. The zero-order valence-electron chi connectivity index (χ0n) is 13.9. The molecule has 0 saturated heterocycles. The molecule has 1 atom stereocenters. The van der Waals surface area contributed by atoms with Crippen molar-refractivity contribution in [2.45, 2.75) is 14.7 Å². The van der Waals surface area contributed by atoms with Gasteiger partial charge in [0.2, 0.25) is 0 Å². The molecule has 3 aromatic carbocycles. The Bertz CT molecular complexity index is 967. The number of nitrogens with zero attached hydrogens (tertiary/aromatic N) is 1. The van der Waals surface area contributed by atoms with Crippen LogP contribution in [0, 0.1) is 10.1 Å². The minimum atomic E-state index is -1.38. The summed E-state index contributed by atoms with van der Waals surface area (Å²) >= 11 is -0.0290. The summed E-state index contributed by atoms with van der Waals surface area (Å²) in [6.45, 7) is 0. The summed E-state index contributed by atoms with van der Waals surface area (Å²) in [5, 5.41) is 10.9. The molecule has 0 aromatic heterocycles. The molecule has 0 aliphatic carbocycles. The fourth-order valence-electron chi connectivity index (χ4n) is 2.33. The van der Waals surface area contributed by atoms with Crippen LogP contribution in [0.25, 0.3) is 0 Å². The molecule has 1 N–H and O–H groups in total. The Morgan fingerprint density at radius 1 is 0.963 bits per heavy atom. The average molecular weight is 398 g/mol. The number of nitro benzene ring substituents is 1. The molecule has 3 aromatic rings. The topological polar surface area (TPSA) is 95.3 Å². The van der Waals surface area contributed by atoms with Crippen LogP contribution in [-0.4, -0.2) is 15.8 Å². The second-order valence-corrected chi connectivity index (χ2v) is 7.77. The number of nitro groups is 1. The van der Waals surface area contributed by atoms with Crippen LogP contribution in [0.15, 0.2) is 87.5 Å². The van der Waals surface area contributed by atoms with Gasteiger partial charge in [-0.1, -0.05) is 36.0 Å². The number of carbonyl (C=O) groups excluding carboxylic acids is 1. The van der Waals surface area contributed by atoms with Gasteiger partial charge in [0.15, 0.2) is 11.2 Å². The third-order valence-corrected chi connectivity index (χ3v) is 5.66. The van der Waals surface area contributed by atoms with Crippen molar-refractivity contribution in [2.24, 2.45) is 0 Å². The van der Waals surface area contributed by atoms with E-state index in [4.69, 9.17) is 0 Å². The number of anilines is 1. The van der Waals surface area contributed by atoms with Crippen molar-refractivity contribution < 1.29 is 14.3 Å². The largest absolute Gasteiger partial charge is 0.588 e. The highest BCUT2D eigenvalue weighted by molar-refractivity contribution is 7.99. The van der Waals surface area contributed by atoms with Crippen LogP contribution in [0.2, 0.25) is 0 Å². The van der Waals surface area contributed by atoms with Crippen molar-refractivity contribution in [3.63, 3.8) is 0 Å². The molecule has 6 nitrogen and oxygen atoms in total. The molecule has 0 saturated carbocycles. The van der Waals surface area contributed by atoms with Crippen LogP contribution in [0.4, 0.5) is 11.4 Å². The number of aldehydes is 1. The van der Waals surface area contributed by atoms with Gasteiger partial charge < -0.3 is 4.55 Å². The van der Waals surface area contributed by atoms with Gasteiger partial charge in [0.25, 0.3) is 5.69 Å². The van der Waals surface area contributed by atoms with Crippen LogP contribution in [0.1, 0.15) is 10.4 Å². The van der Waals surface area contributed by atoms with Crippen LogP contribution >= 0.6 is 11.8 Å². The number of benzene rings is 3. The summed E-state index contributed by atoms with van der Waals surface area (Å²) in [5.74, 6) is 0. The van der Waals surface area contributed by atoms with E-state index in [1.54, 1.807) is 24.3 Å². The van der Waals surface area contributed by atoms with E-state index < -0.39 is 16.3 Å². The van der Waals surface area contributed by atoms with Gasteiger partial charge in [0.05, 0.1) is 16.2 Å². The predicted octanol–water partition coefficient (Wildman–Crippen LogP) is 4.69. The zero-order chi connectivity index (χ0) is 19.2. The fraction of sp³-hybridized carbons (Fsp3) is 0. The Morgan fingerprint density at radius 2 is 1.70 bits per heavy atom. The van der Waals surface area contributed by atoms with Crippen molar-refractivity contribution in [1.29, 1.82) is 0 Å². The summed E-state index contributed by atoms with van der Waals surface area (Å²) in [7, 11) is 0. The highest BCUT2D eigenvalue weighted by Gasteiger charge is 2.14. The van der Waals surface area contributed by atoms with Gasteiger partial charge in [-0.25, -0.2) is 4.72 Å². The molecule has 0 amide bonds. The number of carbonyl (C=O) groups is 1. The summed E-state index contributed by atoms with van der Waals surface area (Å²) in [6, 6.07) is 20.8. The molecule has 0 heterocycles. The van der Waals surface area contributed by atoms with E-state index >= 15 is 0 Å². The van der Waals surface area contributed by atoms with Gasteiger partial charge in [-0.3, -0.25) is 14.9 Å². The average Bonchev–Trinajstić information content (AvgIpc) is 2.68. The Kier molecular flexibility index (Phi) is 6.12. The molecule has 0 bridgehead atoms. The summed E-state index contributed by atoms with van der Waals surface area (Å²) in [4.78, 5) is 23.6. The first-order chi connectivity index (χ1) is 13.1. The number of hydrogen-bond donors (Lipinski definition) is 1. The van der Waals surface area contributed by atoms with E-state index in [1.807, 2.05) is 36.4 Å².